The molecule has 0 aliphatic carbocycles. The summed E-state index contributed by atoms with van der Waals surface area (Å²) in [6, 6.07) is 7.78. The lowest BCUT2D eigenvalue weighted by molar-refractivity contribution is 0.00187. The first-order valence-electron chi connectivity index (χ1n) is 12.4. The molecule has 35 heavy (non-hydrogen) atoms. The molecule has 3 heterocycles. The van der Waals surface area contributed by atoms with Crippen LogP contribution in [0.3, 0.4) is 0 Å². The van der Waals surface area contributed by atoms with Crippen molar-refractivity contribution in [2.75, 3.05) is 79.2 Å². The molecule has 1 atom stereocenters. The van der Waals surface area contributed by atoms with Crippen LogP contribution < -0.4 is 10.1 Å². The second kappa shape index (κ2) is 13.0. The lowest BCUT2D eigenvalue weighted by atomic mass is 10.1. The van der Waals surface area contributed by atoms with Crippen molar-refractivity contribution in [3.63, 3.8) is 0 Å². The fraction of sp³-hybridized carbons (Fsp3) is 0.600. The number of amides is 1. The fourth-order valence-electron chi connectivity index (χ4n) is 4.56. The maximum absolute atomic E-state index is 12.5. The van der Waals surface area contributed by atoms with Crippen molar-refractivity contribution in [2.24, 2.45) is 0 Å². The molecule has 0 radical (unpaired) electrons. The second-order valence-corrected chi connectivity index (χ2v) is 9.09. The third kappa shape index (κ3) is 7.74. The highest BCUT2D eigenvalue weighted by Crippen LogP contribution is 2.17. The van der Waals surface area contributed by atoms with Crippen molar-refractivity contribution in [3.05, 3.63) is 47.7 Å². The van der Waals surface area contributed by atoms with Crippen LogP contribution >= 0.6 is 0 Å². The number of piperazine rings is 1. The van der Waals surface area contributed by atoms with Gasteiger partial charge in [-0.2, -0.15) is 0 Å². The number of aliphatic hydroxyl groups excluding tert-OH is 1. The lowest BCUT2D eigenvalue weighted by Crippen LogP contribution is -2.50. The van der Waals surface area contributed by atoms with Crippen molar-refractivity contribution in [1.29, 1.82) is 0 Å². The number of β-amino-alcohol motifs (C(OH)–C–C–N with tert-alkyl or cyclic N) is 1. The SMILES string of the molecule is COc1ccccc1CCNC(=O)c1coc(CN2CCN(C[C@@H](O)CN3CCOCC3)CC2)n1. The molecule has 1 amide bonds. The van der Waals surface area contributed by atoms with Crippen LogP contribution in [0.1, 0.15) is 21.9 Å². The van der Waals surface area contributed by atoms with E-state index in [9.17, 15) is 9.90 Å². The molecule has 192 valence electrons. The average molecular weight is 488 g/mol. The van der Waals surface area contributed by atoms with Crippen LogP contribution in [-0.2, 0) is 17.7 Å². The second-order valence-electron chi connectivity index (χ2n) is 9.09. The van der Waals surface area contributed by atoms with Gasteiger partial charge in [0, 0.05) is 58.9 Å². The third-order valence-corrected chi connectivity index (χ3v) is 6.52. The van der Waals surface area contributed by atoms with Crippen molar-refractivity contribution in [2.45, 2.75) is 19.1 Å². The molecule has 10 heteroatoms. The van der Waals surface area contributed by atoms with E-state index < -0.39 is 0 Å². The van der Waals surface area contributed by atoms with Gasteiger partial charge in [0.05, 0.1) is 33.0 Å². The van der Waals surface area contributed by atoms with Gasteiger partial charge in [0.15, 0.2) is 5.69 Å². The van der Waals surface area contributed by atoms with Crippen molar-refractivity contribution >= 4 is 5.91 Å². The molecule has 10 nitrogen and oxygen atoms in total. The number of hydrogen-bond acceptors (Lipinski definition) is 9. The summed E-state index contributed by atoms with van der Waals surface area (Å²) < 4.78 is 16.3. The van der Waals surface area contributed by atoms with Crippen molar-refractivity contribution < 1.29 is 23.8 Å². The number of hydrogen-bond donors (Lipinski definition) is 2. The van der Waals surface area contributed by atoms with Gasteiger partial charge < -0.3 is 24.3 Å². The molecule has 2 saturated heterocycles. The number of nitrogens with zero attached hydrogens (tertiary/aromatic N) is 4. The quantitative estimate of drug-likeness (QED) is 0.468. The molecule has 0 unspecified atom stereocenters. The maximum atomic E-state index is 12.5. The molecule has 2 fully saturated rings. The number of nitrogens with one attached hydrogen (secondary N) is 1. The monoisotopic (exact) mass is 487 g/mol. The highest BCUT2D eigenvalue weighted by Gasteiger charge is 2.23. The molecule has 2 aromatic rings. The molecular formula is C25H37N5O5. The summed E-state index contributed by atoms with van der Waals surface area (Å²) in [7, 11) is 1.64. The minimum absolute atomic E-state index is 0.242. The molecular weight excluding hydrogens is 450 g/mol. The number of carbonyl (C=O) groups is 1. The summed E-state index contributed by atoms with van der Waals surface area (Å²) in [5.74, 6) is 1.12. The van der Waals surface area contributed by atoms with Crippen LogP contribution in [0.4, 0.5) is 0 Å². The van der Waals surface area contributed by atoms with E-state index >= 15 is 0 Å². The lowest BCUT2D eigenvalue weighted by Gasteiger charge is -2.36. The zero-order chi connectivity index (χ0) is 24.5. The number of aromatic nitrogens is 1. The van der Waals surface area contributed by atoms with Crippen LogP contribution in [0.5, 0.6) is 5.75 Å². The first kappa shape index (κ1) is 25.6. The van der Waals surface area contributed by atoms with Crippen LogP contribution in [0.2, 0.25) is 0 Å². The number of para-hydroxylation sites is 1. The Labute approximate surface area is 206 Å². The molecule has 4 rings (SSSR count). The number of benzene rings is 1. The van der Waals surface area contributed by atoms with Gasteiger partial charge in [-0.05, 0) is 18.1 Å². The topological polar surface area (TPSA) is 104 Å². The van der Waals surface area contributed by atoms with Gasteiger partial charge in [-0.3, -0.25) is 19.5 Å². The highest BCUT2D eigenvalue weighted by molar-refractivity contribution is 5.91. The molecule has 0 saturated carbocycles. The molecule has 2 aliphatic heterocycles. The normalized spacial score (nSPS) is 18.9. The van der Waals surface area contributed by atoms with Gasteiger partial charge in [0.2, 0.25) is 5.89 Å². The Balaban J connectivity index is 1.15. The zero-order valence-electron chi connectivity index (χ0n) is 20.5. The number of aliphatic hydroxyl groups is 1. The maximum Gasteiger partial charge on any atom is 0.273 e. The number of rotatable bonds is 11. The first-order chi connectivity index (χ1) is 17.1. The van der Waals surface area contributed by atoms with Gasteiger partial charge >= 0.3 is 0 Å². The largest absolute Gasteiger partial charge is 0.496 e. The Morgan fingerprint density at radius 2 is 1.77 bits per heavy atom. The molecule has 2 aliphatic rings. The van der Waals surface area contributed by atoms with Gasteiger partial charge in [0.25, 0.3) is 5.91 Å². The Morgan fingerprint density at radius 3 is 2.51 bits per heavy atom. The Hall–Kier alpha value is -2.50. The molecule has 0 bridgehead atoms. The van der Waals surface area contributed by atoms with Crippen molar-refractivity contribution in [3.8, 4) is 5.75 Å². The summed E-state index contributed by atoms with van der Waals surface area (Å²) in [6.45, 7) is 9.23. The van der Waals surface area contributed by atoms with Gasteiger partial charge in [-0.1, -0.05) is 18.2 Å². The Morgan fingerprint density at radius 1 is 1.09 bits per heavy atom. The van der Waals surface area contributed by atoms with Crippen LogP contribution in [-0.4, -0.2) is 116 Å². The summed E-state index contributed by atoms with van der Waals surface area (Å²) in [5.41, 5.74) is 1.34. The van der Waals surface area contributed by atoms with E-state index in [0.29, 0.717) is 44.2 Å². The van der Waals surface area contributed by atoms with E-state index in [1.807, 2.05) is 24.3 Å². The smallest absolute Gasteiger partial charge is 0.273 e. The molecule has 2 N–H and O–H groups in total. The molecule has 0 spiro atoms. The minimum atomic E-state index is -0.351. The van der Waals surface area contributed by atoms with E-state index in [4.69, 9.17) is 13.9 Å². The fourth-order valence-corrected chi connectivity index (χ4v) is 4.56. The van der Waals surface area contributed by atoms with E-state index in [-0.39, 0.29) is 12.0 Å². The standard InChI is InChI=1S/C25H37N5O5/c1-33-23-5-3-2-4-20(23)6-7-26-25(32)22-19-35-24(27-22)18-29-10-8-28(9-11-29)16-21(31)17-30-12-14-34-15-13-30/h2-5,19,21,31H,6-18H2,1H3,(H,26,32)/t21-/m1/s1. The molecule has 1 aromatic heterocycles. The van der Waals surface area contributed by atoms with Crippen LogP contribution in [0, 0.1) is 0 Å². The van der Waals surface area contributed by atoms with E-state index in [1.165, 1.54) is 6.26 Å². The van der Waals surface area contributed by atoms with Crippen LogP contribution in [0.25, 0.3) is 0 Å². The summed E-state index contributed by atoms with van der Waals surface area (Å²) in [6.07, 6.45) is 1.74. The van der Waals surface area contributed by atoms with E-state index in [2.05, 4.69) is 25.0 Å². The number of methoxy groups -OCH3 is 1. The number of morpholine rings is 1. The first-order valence-corrected chi connectivity index (χ1v) is 12.4. The number of oxazole rings is 1. The zero-order valence-corrected chi connectivity index (χ0v) is 20.5. The van der Waals surface area contributed by atoms with Crippen molar-refractivity contribution in [1.82, 2.24) is 25.0 Å². The van der Waals surface area contributed by atoms with Gasteiger partial charge in [-0.15, -0.1) is 0 Å². The predicted octanol–water partition coefficient (Wildman–Crippen LogP) is 0.466. The number of ether oxygens (including phenoxy) is 2. The Kier molecular flexibility index (Phi) is 9.50. The van der Waals surface area contributed by atoms with Crippen LogP contribution in [0.15, 0.2) is 34.9 Å². The Bertz CT molecular complexity index is 924. The van der Waals surface area contributed by atoms with Gasteiger partial charge in [-0.25, -0.2) is 4.98 Å². The van der Waals surface area contributed by atoms with Gasteiger partial charge in [0.1, 0.15) is 12.0 Å². The summed E-state index contributed by atoms with van der Waals surface area (Å²) in [5, 5.41) is 13.4. The predicted molar refractivity (Wildman–Crippen MR) is 131 cm³/mol. The summed E-state index contributed by atoms with van der Waals surface area (Å²) >= 11 is 0. The third-order valence-electron chi connectivity index (χ3n) is 6.52. The average Bonchev–Trinajstić information content (AvgIpc) is 3.34. The summed E-state index contributed by atoms with van der Waals surface area (Å²) in [4.78, 5) is 23.7. The van der Waals surface area contributed by atoms with E-state index in [0.717, 1.165) is 63.8 Å². The highest BCUT2D eigenvalue weighted by atomic mass is 16.5. The number of carbonyl (C=O) groups excluding carboxylic acids is 1. The molecule has 1 aromatic carbocycles. The van der Waals surface area contributed by atoms with E-state index in [1.54, 1.807) is 7.11 Å². The minimum Gasteiger partial charge on any atom is -0.496 e.